The number of hydrogen-bond donors (Lipinski definition) is 2. The van der Waals surface area contributed by atoms with Gasteiger partial charge in [0.05, 0.1) is 16.8 Å². The third-order valence-corrected chi connectivity index (χ3v) is 6.32. The lowest BCUT2D eigenvalue weighted by Gasteiger charge is -2.23. The molecule has 0 radical (unpaired) electrons. The average Bonchev–Trinajstić information content (AvgIpc) is 3.33. The van der Waals surface area contributed by atoms with E-state index in [1.807, 2.05) is 55.5 Å². The van der Waals surface area contributed by atoms with E-state index in [-0.39, 0.29) is 11.8 Å². The lowest BCUT2D eigenvalue weighted by molar-refractivity contribution is -0.114. The van der Waals surface area contributed by atoms with Gasteiger partial charge in [0.2, 0.25) is 5.91 Å². The number of hydrogen-bond acceptors (Lipinski definition) is 4. The first-order valence-corrected chi connectivity index (χ1v) is 11.7. The topological polar surface area (TPSA) is 74.3 Å². The summed E-state index contributed by atoms with van der Waals surface area (Å²) in [4.78, 5) is 31.8. The van der Waals surface area contributed by atoms with E-state index in [1.54, 1.807) is 0 Å². The third-order valence-electron chi connectivity index (χ3n) is 6.32. The van der Waals surface area contributed by atoms with Gasteiger partial charge in [-0.25, -0.2) is 4.98 Å². The summed E-state index contributed by atoms with van der Waals surface area (Å²) in [5, 5.41) is 6.77. The van der Waals surface area contributed by atoms with Gasteiger partial charge in [-0.1, -0.05) is 23.8 Å². The molecule has 172 valence electrons. The number of nitrogens with zero attached hydrogens (tertiary/aromatic N) is 2. The fourth-order valence-electron chi connectivity index (χ4n) is 4.46. The molecule has 0 saturated carbocycles. The molecule has 1 aliphatic heterocycles. The number of rotatable bonds is 7. The number of likely N-dealkylation sites (tertiary alicyclic amines) is 1. The normalized spacial score (nSPS) is 14.9. The van der Waals surface area contributed by atoms with Crippen molar-refractivity contribution < 1.29 is 9.59 Å². The van der Waals surface area contributed by atoms with Gasteiger partial charge in [0, 0.05) is 36.1 Å². The maximum absolute atomic E-state index is 13.2. The zero-order chi connectivity index (χ0) is 23.4. The van der Waals surface area contributed by atoms with Crippen LogP contribution in [0.1, 0.15) is 49.0 Å². The molecular weight excluding hydrogens is 412 g/mol. The summed E-state index contributed by atoms with van der Waals surface area (Å²) in [6.07, 6.45) is 3.48. The number of carbonyl (C=O) groups is 2. The first-order chi connectivity index (χ1) is 15.9. The van der Waals surface area contributed by atoms with Gasteiger partial charge in [0.1, 0.15) is 0 Å². The zero-order valence-corrected chi connectivity index (χ0v) is 19.6. The lowest BCUT2D eigenvalue weighted by atomic mass is 10.0. The lowest BCUT2D eigenvalue weighted by Crippen LogP contribution is -2.34. The molecular formula is C27H32N4O2. The Labute approximate surface area is 195 Å². The molecule has 2 N–H and O–H groups in total. The Bertz CT molecular complexity index is 1150. The largest absolute Gasteiger partial charge is 0.352 e. The molecule has 6 heteroatoms. The van der Waals surface area contributed by atoms with Gasteiger partial charge in [-0.15, -0.1) is 0 Å². The van der Waals surface area contributed by atoms with E-state index in [4.69, 9.17) is 4.98 Å². The van der Waals surface area contributed by atoms with Crippen LogP contribution in [0.5, 0.6) is 0 Å². The summed E-state index contributed by atoms with van der Waals surface area (Å²) in [6.45, 7) is 8.71. The molecule has 2 aromatic carbocycles. The maximum atomic E-state index is 13.2. The summed E-state index contributed by atoms with van der Waals surface area (Å²) in [7, 11) is 0. The highest BCUT2D eigenvalue weighted by Gasteiger charge is 2.19. The Balaban J connectivity index is 1.57. The van der Waals surface area contributed by atoms with Crippen LogP contribution in [0.15, 0.2) is 48.5 Å². The second kappa shape index (κ2) is 10.1. The summed E-state index contributed by atoms with van der Waals surface area (Å²) in [6, 6.07) is 15.9. The Morgan fingerprint density at radius 1 is 1.06 bits per heavy atom. The molecule has 33 heavy (non-hydrogen) atoms. The highest BCUT2D eigenvalue weighted by atomic mass is 16.2. The number of pyridine rings is 1. The number of nitrogens with one attached hydrogen (secondary N) is 2. The summed E-state index contributed by atoms with van der Waals surface area (Å²) >= 11 is 0. The summed E-state index contributed by atoms with van der Waals surface area (Å²) in [5.41, 5.74) is 4.87. The van der Waals surface area contributed by atoms with Gasteiger partial charge in [-0.3, -0.25) is 9.59 Å². The van der Waals surface area contributed by atoms with Crippen molar-refractivity contribution in [2.75, 3.05) is 25.0 Å². The molecule has 2 amide bonds. The van der Waals surface area contributed by atoms with E-state index >= 15 is 0 Å². The minimum absolute atomic E-state index is 0.0715. The van der Waals surface area contributed by atoms with E-state index in [2.05, 4.69) is 22.5 Å². The Morgan fingerprint density at radius 2 is 1.79 bits per heavy atom. The van der Waals surface area contributed by atoms with E-state index in [1.165, 1.54) is 19.8 Å². The molecule has 0 unspecified atom stereocenters. The first-order valence-electron chi connectivity index (χ1n) is 11.7. The van der Waals surface area contributed by atoms with Crippen molar-refractivity contribution in [3.05, 3.63) is 59.7 Å². The number of amides is 2. The molecule has 0 bridgehead atoms. The standard InChI is InChI=1S/C27H32N4O2/c1-18-6-11-25-23(16-18)24(27(33)28-13-12-19(2)31-14-4-5-15-31)17-26(30-25)21-7-9-22(10-8-21)29-20(3)32/h6-11,16-17,19H,4-5,12-15H2,1-3H3,(H,28,33)(H,29,32)/t19-/m0/s1. The monoisotopic (exact) mass is 444 g/mol. The minimum Gasteiger partial charge on any atom is -0.352 e. The van der Waals surface area contributed by atoms with Crippen molar-refractivity contribution >= 4 is 28.4 Å². The number of carbonyl (C=O) groups excluding carboxylic acids is 2. The number of fused-ring (bicyclic) bond motifs is 1. The fourth-order valence-corrected chi connectivity index (χ4v) is 4.46. The Morgan fingerprint density at radius 3 is 2.48 bits per heavy atom. The number of benzene rings is 2. The first kappa shape index (κ1) is 22.9. The quantitative estimate of drug-likeness (QED) is 0.550. The third kappa shape index (κ3) is 5.57. The van der Waals surface area contributed by atoms with Gasteiger partial charge in [-0.2, -0.15) is 0 Å². The zero-order valence-electron chi connectivity index (χ0n) is 19.6. The predicted octanol–water partition coefficient (Wildman–Crippen LogP) is 4.77. The van der Waals surface area contributed by atoms with Crippen molar-refractivity contribution in [2.24, 2.45) is 0 Å². The van der Waals surface area contributed by atoms with Crippen LogP contribution < -0.4 is 10.6 Å². The van der Waals surface area contributed by atoms with E-state index < -0.39 is 0 Å². The Hall–Kier alpha value is -3.25. The van der Waals surface area contributed by atoms with Crippen molar-refractivity contribution in [2.45, 2.75) is 46.1 Å². The van der Waals surface area contributed by atoms with Crippen LogP contribution in [0.3, 0.4) is 0 Å². The number of aromatic nitrogens is 1. The van der Waals surface area contributed by atoms with Crippen LogP contribution in [-0.4, -0.2) is 47.4 Å². The maximum Gasteiger partial charge on any atom is 0.252 e. The van der Waals surface area contributed by atoms with Crippen molar-refractivity contribution in [3.63, 3.8) is 0 Å². The second-order valence-corrected chi connectivity index (χ2v) is 8.97. The smallest absolute Gasteiger partial charge is 0.252 e. The summed E-state index contributed by atoms with van der Waals surface area (Å²) in [5.74, 6) is -0.183. The molecule has 4 rings (SSSR count). The van der Waals surface area contributed by atoms with Crippen molar-refractivity contribution in [3.8, 4) is 11.3 Å². The molecule has 0 spiro atoms. The van der Waals surface area contributed by atoms with Crippen LogP contribution >= 0.6 is 0 Å². The fraction of sp³-hybridized carbons (Fsp3) is 0.370. The van der Waals surface area contributed by atoms with Crippen LogP contribution in [0, 0.1) is 6.92 Å². The molecule has 2 heterocycles. The van der Waals surface area contributed by atoms with E-state index in [9.17, 15) is 9.59 Å². The molecule has 1 fully saturated rings. The van der Waals surface area contributed by atoms with Crippen molar-refractivity contribution in [1.82, 2.24) is 15.2 Å². The van der Waals surface area contributed by atoms with Gasteiger partial charge >= 0.3 is 0 Å². The van der Waals surface area contributed by atoms with Crippen LogP contribution in [0.2, 0.25) is 0 Å². The molecule has 1 aliphatic rings. The second-order valence-electron chi connectivity index (χ2n) is 8.97. The highest BCUT2D eigenvalue weighted by molar-refractivity contribution is 6.07. The predicted molar refractivity (Wildman–Crippen MR) is 133 cm³/mol. The number of anilines is 1. The van der Waals surface area contributed by atoms with Crippen LogP contribution in [-0.2, 0) is 4.79 Å². The molecule has 1 saturated heterocycles. The van der Waals surface area contributed by atoms with Gasteiger partial charge in [0.15, 0.2) is 0 Å². The summed E-state index contributed by atoms with van der Waals surface area (Å²) < 4.78 is 0. The molecule has 3 aromatic rings. The Kier molecular flexibility index (Phi) is 7.04. The SMILES string of the molecule is CC(=O)Nc1ccc(-c2cc(C(=O)NCC[C@H](C)N3CCCC3)c3cc(C)ccc3n2)cc1. The van der Waals surface area contributed by atoms with Crippen LogP contribution in [0.25, 0.3) is 22.2 Å². The molecule has 1 aromatic heterocycles. The van der Waals surface area contributed by atoms with Gasteiger partial charge in [-0.05, 0) is 76.5 Å². The van der Waals surface area contributed by atoms with Gasteiger partial charge < -0.3 is 15.5 Å². The minimum atomic E-state index is -0.111. The highest BCUT2D eigenvalue weighted by Crippen LogP contribution is 2.27. The van der Waals surface area contributed by atoms with Gasteiger partial charge in [0.25, 0.3) is 5.91 Å². The van der Waals surface area contributed by atoms with E-state index in [0.29, 0.717) is 18.2 Å². The number of aryl methyl sites for hydroxylation is 1. The molecule has 6 nitrogen and oxygen atoms in total. The van der Waals surface area contributed by atoms with E-state index in [0.717, 1.165) is 52.9 Å². The van der Waals surface area contributed by atoms with Crippen molar-refractivity contribution in [1.29, 1.82) is 0 Å². The molecule has 0 aliphatic carbocycles. The van der Waals surface area contributed by atoms with Crippen LogP contribution in [0.4, 0.5) is 5.69 Å². The molecule has 1 atom stereocenters. The average molecular weight is 445 g/mol.